The number of carbonyl (C=O) groups excluding carboxylic acids is 1. The smallest absolute Gasteiger partial charge is 0.303 e. The summed E-state index contributed by atoms with van der Waals surface area (Å²) in [7, 11) is 0. The summed E-state index contributed by atoms with van der Waals surface area (Å²) in [6.45, 7) is 7.54. The van der Waals surface area contributed by atoms with Crippen molar-refractivity contribution in [3.05, 3.63) is 17.7 Å². The van der Waals surface area contributed by atoms with Gasteiger partial charge in [0.05, 0.1) is 12.2 Å². The van der Waals surface area contributed by atoms with Crippen LogP contribution >= 0.6 is 0 Å². The molecule has 6 nitrogen and oxygen atoms in total. The number of rotatable bonds is 9. The molecule has 1 aromatic carbocycles. The van der Waals surface area contributed by atoms with E-state index in [-0.39, 0.29) is 37.3 Å². The second kappa shape index (κ2) is 8.41. The minimum absolute atomic E-state index is 0.0461. The molecule has 3 N–H and O–H groups in total. The van der Waals surface area contributed by atoms with Gasteiger partial charge in [0.25, 0.3) is 0 Å². The summed E-state index contributed by atoms with van der Waals surface area (Å²) in [5.41, 5.74) is 6.59. The highest BCUT2D eigenvalue weighted by atomic mass is 16.5. The highest BCUT2D eigenvalue weighted by molar-refractivity contribution is 6.01. The first-order valence-electron chi connectivity index (χ1n) is 7.72. The van der Waals surface area contributed by atoms with Crippen LogP contribution in [0.1, 0.15) is 57.3 Å². The molecule has 0 aliphatic carbocycles. The number of carbonyl (C=O) groups is 2. The van der Waals surface area contributed by atoms with Crippen molar-refractivity contribution in [3.63, 3.8) is 0 Å². The molecule has 0 spiro atoms. The molecular weight excluding hydrogens is 298 g/mol. The lowest BCUT2D eigenvalue weighted by Crippen LogP contribution is -2.13. The van der Waals surface area contributed by atoms with Crippen LogP contribution in [0.2, 0.25) is 0 Å². The van der Waals surface area contributed by atoms with Crippen molar-refractivity contribution in [2.75, 3.05) is 5.73 Å². The number of Topliss-reactive ketones (excluding diaryl/α,β-unsaturated/α-hetero) is 1. The van der Waals surface area contributed by atoms with Gasteiger partial charge in [-0.15, -0.1) is 0 Å². The number of nitrogen functional groups attached to an aromatic ring is 1. The summed E-state index contributed by atoms with van der Waals surface area (Å²) in [6.07, 6.45) is 0.222. The highest BCUT2D eigenvalue weighted by Gasteiger charge is 2.17. The maximum absolute atomic E-state index is 12.2. The lowest BCUT2D eigenvalue weighted by molar-refractivity contribution is -0.137. The molecule has 0 unspecified atom stereocenters. The van der Waals surface area contributed by atoms with E-state index in [1.165, 1.54) is 0 Å². The first kappa shape index (κ1) is 18.8. The molecule has 0 saturated heterocycles. The molecule has 128 valence electrons. The molecule has 0 saturated carbocycles. The van der Waals surface area contributed by atoms with Crippen molar-refractivity contribution in [1.29, 1.82) is 0 Å². The number of hydrogen-bond donors (Lipinski definition) is 2. The van der Waals surface area contributed by atoms with Gasteiger partial charge in [0.15, 0.2) is 17.3 Å². The quantitative estimate of drug-likeness (QED) is 0.534. The van der Waals surface area contributed by atoms with Crippen LogP contribution in [0.25, 0.3) is 0 Å². The summed E-state index contributed by atoms with van der Waals surface area (Å²) >= 11 is 0. The molecule has 0 radical (unpaired) electrons. The Morgan fingerprint density at radius 1 is 1.04 bits per heavy atom. The summed E-state index contributed by atoms with van der Waals surface area (Å²) in [5, 5.41) is 8.64. The van der Waals surface area contributed by atoms with E-state index in [0.29, 0.717) is 22.7 Å². The minimum atomic E-state index is -0.921. The number of anilines is 1. The van der Waals surface area contributed by atoms with Crippen molar-refractivity contribution in [2.24, 2.45) is 0 Å². The second-order valence-electron chi connectivity index (χ2n) is 5.89. The fourth-order valence-corrected chi connectivity index (χ4v) is 2.04. The summed E-state index contributed by atoms with van der Waals surface area (Å²) in [6, 6.07) is 3.16. The van der Waals surface area contributed by atoms with Crippen LogP contribution in [-0.2, 0) is 4.79 Å². The van der Waals surface area contributed by atoms with Gasteiger partial charge in [0.2, 0.25) is 0 Å². The van der Waals surface area contributed by atoms with E-state index in [4.69, 9.17) is 20.3 Å². The number of hydrogen-bond acceptors (Lipinski definition) is 5. The number of carboxylic acid groups (broad SMARTS) is 1. The third-order valence-corrected chi connectivity index (χ3v) is 2.94. The molecule has 0 amide bonds. The number of carboxylic acids is 1. The van der Waals surface area contributed by atoms with E-state index < -0.39 is 5.97 Å². The predicted molar refractivity (Wildman–Crippen MR) is 88.2 cm³/mol. The Balaban J connectivity index is 3.03. The van der Waals surface area contributed by atoms with E-state index in [1.807, 2.05) is 27.7 Å². The Hall–Kier alpha value is -2.24. The zero-order valence-corrected chi connectivity index (χ0v) is 14.1. The van der Waals surface area contributed by atoms with Gasteiger partial charge in [-0.2, -0.15) is 0 Å². The van der Waals surface area contributed by atoms with Crippen molar-refractivity contribution >= 4 is 17.4 Å². The van der Waals surface area contributed by atoms with E-state index in [0.717, 1.165) is 0 Å². The Morgan fingerprint density at radius 3 is 2.04 bits per heavy atom. The maximum atomic E-state index is 12.2. The maximum Gasteiger partial charge on any atom is 0.303 e. The van der Waals surface area contributed by atoms with Crippen LogP contribution in [0, 0.1) is 0 Å². The monoisotopic (exact) mass is 323 g/mol. The SMILES string of the molecule is CC(C)Oc1cc(N)c(C(=O)CCCC(=O)O)cc1OC(C)C. The van der Waals surface area contributed by atoms with E-state index in [1.54, 1.807) is 12.1 Å². The summed E-state index contributed by atoms with van der Waals surface area (Å²) in [4.78, 5) is 22.8. The zero-order chi connectivity index (χ0) is 17.6. The Kier molecular flexibility index (Phi) is 6.88. The Morgan fingerprint density at radius 2 is 1.57 bits per heavy atom. The highest BCUT2D eigenvalue weighted by Crippen LogP contribution is 2.34. The average Bonchev–Trinajstić information content (AvgIpc) is 2.39. The van der Waals surface area contributed by atoms with Gasteiger partial charge in [-0.1, -0.05) is 0 Å². The second-order valence-corrected chi connectivity index (χ2v) is 5.89. The first-order valence-corrected chi connectivity index (χ1v) is 7.72. The van der Waals surface area contributed by atoms with Gasteiger partial charge in [0.1, 0.15) is 0 Å². The lowest BCUT2D eigenvalue weighted by atomic mass is 10.0. The van der Waals surface area contributed by atoms with Gasteiger partial charge in [-0.25, -0.2) is 0 Å². The van der Waals surface area contributed by atoms with Crippen molar-refractivity contribution in [1.82, 2.24) is 0 Å². The lowest BCUT2D eigenvalue weighted by Gasteiger charge is -2.19. The van der Waals surface area contributed by atoms with Gasteiger partial charge in [-0.05, 0) is 40.2 Å². The Bertz CT molecular complexity index is 566. The molecule has 1 aromatic rings. The first-order chi connectivity index (χ1) is 10.7. The minimum Gasteiger partial charge on any atom is -0.487 e. The molecular formula is C17H25NO5. The fraction of sp³-hybridized carbons (Fsp3) is 0.529. The largest absolute Gasteiger partial charge is 0.487 e. The van der Waals surface area contributed by atoms with Crippen LogP contribution in [0.15, 0.2) is 12.1 Å². The molecule has 0 bridgehead atoms. The number of nitrogens with two attached hydrogens (primary N) is 1. The number of ether oxygens (including phenoxy) is 2. The van der Waals surface area contributed by atoms with Crippen LogP contribution in [0.4, 0.5) is 5.69 Å². The van der Waals surface area contributed by atoms with Crippen molar-refractivity contribution in [3.8, 4) is 11.5 Å². The summed E-state index contributed by atoms with van der Waals surface area (Å²) in [5.74, 6) is -0.165. The molecule has 0 heterocycles. The van der Waals surface area contributed by atoms with E-state index in [9.17, 15) is 9.59 Å². The van der Waals surface area contributed by atoms with Crippen LogP contribution < -0.4 is 15.2 Å². The molecule has 0 aliphatic rings. The molecule has 6 heteroatoms. The van der Waals surface area contributed by atoms with Crippen LogP contribution in [-0.4, -0.2) is 29.1 Å². The van der Waals surface area contributed by atoms with Crippen LogP contribution in [0.3, 0.4) is 0 Å². The number of benzene rings is 1. The standard InChI is InChI=1S/C17H25NO5/c1-10(2)22-15-8-12(14(19)6-5-7-17(20)21)13(18)9-16(15)23-11(3)4/h8-11H,5-7,18H2,1-4H3,(H,20,21). The molecule has 23 heavy (non-hydrogen) atoms. The topological polar surface area (TPSA) is 98.9 Å². The molecule has 0 aliphatic heterocycles. The third kappa shape index (κ3) is 6.18. The fourth-order valence-electron chi connectivity index (χ4n) is 2.04. The zero-order valence-electron chi connectivity index (χ0n) is 14.1. The van der Waals surface area contributed by atoms with E-state index in [2.05, 4.69) is 0 Å². The van der Waals surface area contributed by atoms with Gasteiger partial charge >= 0.3 is 5.97 Å². The van der Waals surface area contributed by atoms with Gasteiger partial charge < -0.3 is 20.3 Å². The molecule has 0 fully saturated rings. The van der Waals surface area contributed by atoms with Crippen molar-refractivity contribution < 1.29 is 24.2 Å². The normalized spacial score (nSPS) is 10.9. The van der Waals surface area contributed by atoms with Crippen molar-refractivity contribution in [2.45, 2.75) is 59.2 Å². The number of aliphatic carboxylic acids is 1. The van der Waals surface area contributed by atoms with Gasteiger partial charge in [0, 0.05) is 30.2 Å². The number of ketones is 1. The molecule has 0 aromatic heterocycles. The third-order valence-electron chi connectivity index (χ3n) is 2.94. The van der Waals surface area contributed by atoms with E-state index >= 15 is 0 Å². The molecule has 0 atom stereocenters. The molecule has 1 rings (SSSR count). The Labute approximate surface area is 136 Å². The summed E-state index contributed by atoms with van der Waals surface area (Å²) < 4.78 is 11.4. The van der Waals surface area contributed by atoms with Crippen LogP contribution in [0.5, 0.6) is 11.5 Å². The average molecular weight is 323 g/mol. The predicted octanol–water partition coefficient (Wildman–Crippen LogP) is 3.28. The van der Waals surface area contributed by atoms with Gasteiger partial charge in [-0.3, -0.25) is 9.59 Å².